The highest BCUT2D eigenvalue weighted by Crippen LogP contribution is 2.23. The van der Waals surface area contributed by atoms with E-state index in [-0.39, 0.29) is 16.9 Å². The van der Waals surface area contributed by atoms with Crippen LogP contribution in [0.5, 0.6) is 0 Å². The lowest BCUT2D eigenvalue weighted by molar-refractivity contribution is -0.115. The second kappa shape index (κ2) is 7.70. The van der Waals surface area contributed by atoms with E-state index in [4.69, 9.17) is 0 Å². The first kappa shape index (κ1) is 16.2. The lowest BCUT2D eigenvalue weighted by Crippen LogP contribution is -2.24. The van der Waals surface area contributed by atoms with Gasteiger partial charge in [0.05, 0.1) is 5.25 Å². The number of hydrogen-bond acceptors (Lipinski definition) is 5. The SMILES string of the molecule is CCC(Sc1ncccn1)C(=O)Nc1ccc(C(C)=O)cc1. The Kier molecular flexibility index (Phi) is 5.66. The molecule has 0 bridgehead atoms. The van der Waals surface area contributed by atoms with Crippen molar-refractivity contribution in [3.8, 4) is 0 Å². The molecule has 0 saturated carbocycles. The van der Waals surface area contributed by atoms with Crippen LogP contribution in [0.3, 0.4) is 0 Å². The topological polar surface area (TPSA) is 72.0 Å². The summed E-state index contributed by atoms with van der Waals surface area (Å²) in [5, 5.41) is 3.16. The highest BCUT2D eigenvalue weighted by Gasteiger charge is 2.19. The fourth-order valence-corrected chi connectivity index (χ4v) is 2.64. The average molecular weight is 315 g/mol. The van der Waals surface area contributed by atoms with Crippen molar-refractivity contribution >= 4 is 29.1 Å². The molecule has 114 valence electrons. The minimum Gasteiger partial charge on any atom is -0.325 e. The summed E-state index contributed by atoms with van der Waals surface area (Å²) in [7, 11) is 0. The maximum Gasteiger partial charge on any atom is 0.237 e. The molecule has 0 spiro atoms. The zero-order valence-corrected chi connectivity index (χ0v) is 13.3. The second-order valence-corrected chi connectivity index (χ2v) is 5.84. The molecule has 0 aliphatic carbocycles. The van der Waals surface area contributed by atoms with E-state index in [9.17, 15) is 9.59 Å². The normalized spacial score (nSPS) is 11.7. The van der Waals surface area contributed by atoms with E-state index in [2.05, 4.69) is 15.3 Å². The molecule has 0 saturated heterocycles. The Hall–Kier alpha value is -2.21. The quantitative estimate of drug-likeness (QED) is 0.503. The summed E-state index contributed by atoms with van der Waals surface area (Å²) in [5.41, 5.74) is 1.29. The highest BCUT2D eigenvalue weighted by atomic mass is 32.2. The van der Waals surface area contributed by atoms with Gasteiger partial charge in [0.1, 0.15) is 0 Å². The van der Waals surface area contributed by atoms with Gasteiger partial charge in [-0.3, -0.25) is 9.59 Å². The van der Waals surface area contributed by atoms with Gasteiger partial charge >= 0.3 is 0 Å². The van der Waals surface area contributed by atoms with Crippen molar-refractivity contribution < 1.29 is 9.59 Å². The number of nitrogens with one attached hydrogen (secondary N) is 1. The Balaban J connectivity index is 2.01. The predicted octanol–water partition coefficient (Wildman–Crippen LogP) is 3.19. The molecule has 0 fully saturated rings. The Morgan fingerprint density at radius 1 is 1.18 bits per heavy atom. The minimum absolute atomic E-state index is 0.00101. The molecule has 0 radical (unpaired) electrons. The average Bonchev–Trinajstić information content (AvgIpc) is 2.54. The van der Waals surface area contributed by atoms with E-state index < -0.39 is 0 Å². The molecule has 2 rings (SSSR count). The number of amides is 1. The lowest BCUT2D eigenvalue weighted by Gasteiger charge is -2.13. The molecular formula is C16H17N3O2S. The Bertz CT molecular complexity index is 644. The van der Waals surface area contributed by atoms with E-state index in [0.717, 1.165) is 0 Å². The number of nitrogens with zero attached hydrogens (tertiary/aromatic N) is 2. The summed E-state index contributed by atoms with van der Waals surface area (Å²) in [6.45, 7) is 3.45. The number of carbonyl (C=O) groups excluding carboxylic acids is 2. The summed E-state index contributed by atoms with van der Waals surface area (Å²) in [4.78, 5) is 31.8. The number of thioether (sulfide) groups is 1. The monoisotopic (exact) mass is 315 g/mol. The molecular weight excluding hydrogens is 298 g/mol. The Labute approximate surface area is 133 Å². The van der Waals surface area contributed by atoms with Crippen molar-refractivity contribution in [2.45, 2.75) is 30.7 Å². The van der Waals surface area contributed by atoms with Crippen LogP contribution in [-0.2, 0) is 4.79 Å². The second-order valence-electron chi connectivity index (χ2n) is 4.67. The van der Waals surface area contributed by atoms with Crippen LogP contribution in [-0.4, -0.2) is 26.9 Å². The molecule has 1 N–H and O–H groups in total. The van der Waals surface area contributed by atoms with Gasteiger partial charge in [0.2, 0.25) is 5.91 Å². The fraction of sp³-hybridized carbons (Fsp3) is 0.250. The van der Waals surface area contributed by atoms with Gasteiger partial charge in [0.15, 0.2) is 10.9 Å². The summed E-state index contributed by atoms with van der Waals surface area (Å²) < 4.78 is 0. The van der Waals surface area contributed by atoms with Crippen LogP contribution in [0.15, 0.2) is 47.9 Å². The van der Waals surface area contributed by atoms with Crippen molar-refractivity contribution in [2.75, 3.05) is 5.32 Å². The maximum absolute atomic E-state index is 12.3. The van der Waals surface area contributed by atoms with Crippen LogP contribution >= 0.6 is 11.8 Å². The van der Waals surface area contributed by atoms with E-state index in [1.807, 2.05) is 6.92 Å². The molecule has 1 unspecified atom stereocenters. The van der Waals surface area contributed by atoms with Crippen molar-refractivity contribution in [3.05, 3.63) is 48.3 Å². The number of anilines is 1. The first-order valence-corrected chi connectivity index (χ1v) is 7.83. The van der Waals surface area contributed by atoms with Gasteiger partial charge in [-0.05, 0) is 43.7 Å². The third-order valence-electron chi connectivity index (χ3n) is 3.01. The maximum atomic E-state index is 12.3. The molecule has 1 atom stereocenters. The fourth-order valence-electron chi connectivity index (χ4n) is 1.81. The molecule has 1 aromatic heterocycles. The lowest BCUT2D eigenvalue weighted by atomic mass is 10.1. The van der Waals surface area contributed by atoms with Crippen molar-refractivity contribution in [1.82, 2.24) is 9.97 Å². The molecule has 1 heterocycles. The smallest absolute Gasteiger partial charge is 0.237 e. The number of rotatable bonds is 6. The van der Waals surface area contributed by atoms with Gasteiger partial charge < -0.3 is 5.32 Å². The van der Waals surface area contributed by atoms with Crippen LogP contribution in [0.2, 0.25) is 0 Å². The van der Waals surface area contributed by atoms with Gasteiger partial charge in [-0.25, -0.2) is 9.97 Å². The molecule has 2 aromatic rings. The molecule has 0 aliphatic heterocycles. The zero-order chi connectivity index (χ0) is 15.9. The largest absolute Gasteiger partial charge is 0.325 e. The first-order valence-electron chi connectivity index (χ1n) is 6.95. The van der Waals surface area contributed by atoms with E-state index in [1.165, 1.54) is 18.7 Å². The number of hydrogen-bond donors (Lipinski definition) is 1. The zero-order valence-electron chi connectivity index (χ0n) is 12.4. The predicted molar refractivity (Wildman–Crippen MR) is 87.0 cm³/mol. The van der Waals surface area contributed by atoms with Crippen molar-refractivity contribution in [2.24, 2.45) is 0 Å². The van der Waals surface area contributed by atoms with Crippen molar-refractivity contribution in [3.63, 3.8) is 0 Å². The number of ketones is 1. The third-order valence-corrected chi connectivity index (χ3v) is 4.27. The summed E-state index contributed by atoms with van der Waals surface area (Å²) in [6.07, 6.45) is 3.97. The van der Waals surface area contributed by atoms with Crippen LogP contribution in [0.1, 0.15) is 30.6 Å². The molecule has 6 heteroatoms. The van der Waals surface area contributed by atoms with Crippen LogP contribution < -0.4 is 5.32 Å². The number of Topliss-reactive ketones (excluding diaryl/α,β-unsaturated/α-hetero) is 1. The van der Waals surface area contributed by atoms with E-state index >= 15 is 0 Å². The first-order chi connectivity index (χ1) is 10.6. The Morgan fingerprint density at radius 2 is 1.82 bits per heavy atom. The van der Waals surface area contributed by atoms with Crippen LogP contribution in [0.4, 0.5) is 5.69 Å². The van der Waals surface area contributed by atoms with Gasteiger partial charge in [-0.15, -0.1) is 0 Å². The van der Waals surface area contributed by atoms with Crippen molar-refractivity contribution in [1.29, 1.82) is 0 Å². The van der Waals surface area contributed by atoms with Crippen LogP contribution in [0.25, 0.3) is 0 Å². The van der Waals surface area contributed by atoms with E-state index in [0.29, 0.717) is 22.8 Å². The Morgan fingerprint density at radius 3 is 2.36 bits per heavy atom. The summed E-state index contributed by atoms with van der Waals surface area (Å²) >= 11 is 1.34. The minimum atomic E-state index is -0.269. The molecule has 5 nitrogen and oxygen atoms in total. The standard InChI is InChI=1S/C16H17N3O2S/c1-3-14(22-16-17-9-4-10-18-16)15(21)19-13-7-5-12(6-8-13)11(2)20/h4-10,14H,3H2,1-2H3,(H,19,21). The van der Waals surface area contributed by atoms with Gasteiger partial charge in [0, 0.05) is 23.6 Å². The van der Waals surface area contributed by atoms with Gasteiger partial charge in [-0.2, -0.15) is 0 Å². The van der Waals surface area contributed by atoms with E-state index in [1.54, 1.807) is 42.7 Å². The number of benzene rings is 1. The molecule has 1 aromatic carbocycles. The van der Waals surface area contributed by atoms with Crippen LogP contribution in [0, 0.1) is 0 Å². The molecule has 0 aliphatic rings. The molecule has 1 amide bonds. The number of aromatic nitrogens is 2. The summed E-state index contributed by atoms with van der Waals surface area (Å²) in [6, 6.07) is 8.59. The third kappa shape index (κ3) is 4.39. The summed E-state index contributed by atoms with van der Waals surface area (Å²) in [5.74, 6) is -0.100. The van der Waals surface area contributed by atoms with Gasteiger partial charge in [-0.1, -0.05) is 18.7 Å². The highest BCUT2D eigenvalue weighted by molar-refractivity contribution is 8.00. The van der Waals surface area contributed by atoms with Gasteiger partial charge in [0.25, 0.3) is 0 Å². The number of carbonyl (C=O) groups is 2. The molecule has 22 heavy (non-hydrogen) atoms.